The van der Waals surface area contributed by atoms with Gasteiger partial charge in [-0.05, 0) is 72.4 Å². The molecule has 1 N–H and O–H groups in total. The van der Waals surface area contributed by atoms with E-state index < -0.39 is 5.91 Å². The van der Waals surface area contributed by atoms with Gasteiger partial charge in [0, 0.05) is 36.2 Å². The van der Waals surface area contributed by atoms with Gasteiger partial charge in [0.25, 0.3) is 11.8 Å². The zero-order chi connectivity index (χ0) is 24.2. The van der Waals surface area contributed by atoms with Gasteiger partial charge < -0.3 is 10.1 Å². The first-order chi connectivity index (χ1) is 16.3. The van der Waals surface area contributed by atoms with Crippen molar-refractivity contribution >= 4 is 85.6 Å². The van der Waals surface area contributed by atoms with Crippen LogP contribution in [0.25, 0.3) is 6.08 Å². The minimum atomic E-state index is -0.480. The molecule has 172 valence electrons. The summed E-state index contributed by atoms with van der Waals surface area (Å²) in [7, 11) is 0. The maximum Gasteiger partial charge on any atom is 0.279 e. The summed E-state index contributed by atoms with van der Waals surface area (Å²) in [4.78, 5) is 29.3. The highest BCUT2D eigenvalue weighted by Gasteiger charge is 2.25. The fourth-order valence-corrected chi connectivity index (χ4v) is 4.71. The number of amidine groups is 1. The molecule has 10 heteroatoms. The molecular weight excluding hydrogens is 583 g/mol. The van der Waals surface area contributed by atoms with E-state index in [4.69, 9.17) is 39.5 Å². The van der Waals surface area contributed by atoms with Crippen LogP contribution < -0.4 is 10.1 Å². The number of rotatable bonds is 5. The lowest BCUT2D eigenvalue weighted by atomic mass is 10.1. The normalized spacial score (nSPS) is 15.6. The van der Waals surface area contributed by atoms with Crippen LogP contribution in [0.15, 0.2) is 75.0 Å². The number of benzene rings is 3. The third-order valence-electron chi connectivity index (χ3n) is 4.60. The monoisotopic (exact) mass is 594 g/mol. The van der Waals surface area contributed by atoms with Crippen molar-refractivity contribution in [3.8, 4) is 5.75 Å². The Morgan fingerprint density at radius 3 is 2.50 bits per heavy atom. The van der Waals surface area contributed by atoms with Crippen LogP contribution in [0.1, 0.15) is 21.5 Å². The smallest absolute Gasteiger partial charge is 0.279 e. The van der Waals surface area contributed by atoms with Crippen molar-refractivity contribution in [2.45, 2.75) is 6.61 Å². The van der Waals surface area contributed by atoms with Gasteiger partial charge in [0.1, 0.15) is 12.4 Å². The Balaban J connectivity index is 1.54. The van der Waals surface area contributed by atoms with Gasteiger partial charge in [-0.15, -0.1) is 0 Å². The largest absolute Gasteiger partial charge is 0.488 e. The molecule has 0 saturated carbocycles. The lowest BCUT2D eigenvalue weighted by molar-refractivity contribution is -0.115. The van der Waals surface area contributed by atoms with Crippen molar-refractivity contribution in [1.82, 2.24) is 5.32 Å². The fraction of sp³-hybridized carbons (Fsp3) is 0.0417. The molecule has 4 rings (SSSR count). The number of nitrogens with one attached hydrogen (secondary N) is 1. The van der Waals surface area contributed by atoms with Gasteiger partial charge in [0.05, 0.1) is 4.91 Å². The van der Waals surface area contributed by atoms with E-state index in [1.54, 1.807) is 54.6 Å². The van der Waals surface area contributed by atoms with Gasteiger partial charge >= 0.3 is 0 Å². The Bertz CT molecular complexity index is 1340. The second-order valence-electron chi connectivity index (χ2n) is 7.00. The minimum absolute atomic E-state index is 0.196. The van der Waals surface area contributed by atoms with Crippen LogP contribution in [0.3, 0.4) is 0 Å². The van der Waals surface area contributed by atoms with Gasteiger partial charge in [-0.1, -0.05) is 56.8 Å². The number of hydrogen-bond acceptors (Lipinski definition) is 4. The quantitative estimate of drug-likeness (QED) is 0.312. The first-order valence-electron chi connectivity index (χ1n) is 9.74. The molecule has 0 radical (unpaired) electrons. The molecule has 0 atom stereocenters. The molecule has 0 aromatic heterocycles. The molecule has 0 aliphatic carbocycles. The molecule has 1 fully saturated rings. The van der Waals surface area contributed by atoms with E-state index >= 15 is 0 Å². The third kappa shape index (κ3) is 6.23. The number of aliphatic imine (C=N–C) groups is 1. The summed E-state index contributed by atoms with van der Waals surface area (Å²) >= 11 is 22.6. The molecule has 2 amide bonds. The molecule has 1 aliphatic rings. The van der Waals surface area contributed by atoms with Crippen LogP contribution in [0, 0.1) is 0 Å². The summed E-state index contributed by atoms with van der Waals surface area (Å²) in [6, 6.07) is 17.0. The zero-order valence-corrected chi connectivity index (χ0v) is 21.8. The van der Waals surface area contributed by atoms with Crippen molar-refractivity contribution in [2.24, 2.45) is 4.99 Å². The van der Waals surface area contributed by atoms with Gasteiger partial charge in [0.2, 0.25) is 0 Å². The Morgan fingerprint density at radius 2 is 1.76 bits per heavy atom. The lowest BCUT2D eigenvalue weighted by Gasteiger charge is -2.11. The topological polar surface area (TPSA) is 67.8 Å². The second-order valence-corrected chi connectivity index (χ2v) is 10.2. The van der Waals surface area contributed by atoms with Crippen molar-refractivity contribution in [3.05, 3.63) is 102 Å². The number of thioether (sulfide) groups is 1. The van der Waals surface area contributed by atoms with Gasteiger partial charge in [-0.3, -0.25) is 9.59 Å². The fourth-order valence-electron chi connectivity index (χ4n) is 2.93. The number of carbonyl (C=O) groups is 2. The number of amides is 2. The Morgan fingerprint density at radius 1 is 1.03 bits per heavy atom. The lowest BCUT2D eigenvalue weighted by Crippen LogP contribution is -2.20. The summed E-state index contributed by atoms with van der Waals surface area (Å²) in [6.07, 6.45) is 1.68. The van der Waals surface area contributed by atoms with E-state index in [2.05, 4.69) is 26.2 Å². The van der Waals surface area contributed by atoms with E-state index in [-0.39, 0.29) is 17.7 Å². The van der Waals surface area contributed by atoms with Crippen molar-refractivity contribution in [3.63, 3.8) is 0 Å². The highest BCUT2D eigenvalue weighted by atomic mass is 79.9. The van der Waals surface area contributed by atoms with Crippen molar-refractivity contribution < 1.29 is 14.3 Å². The molecule has 0 unspecified atom stereocenters. The molecule has 5 nitrogen and oxygen atoms in total. The van der Waals surface area contributed by atoms with E-state index in [1.165, 1.54) is 0 Å². The molecular formula is C24H14BrCl3N2O3S. The van der Waals surface area contributed by atoms with Crippen molar-refractivity contribution in [1.29, 1.82) is 0 Å². The Kier molecular flexibility index (Phi) is 8.01. The molecule has 0 spiro atoms. The molecule has 3 aromatic rings. The van der Waals surface area contributed by atoms with E-state index in [1.807, 2.05) is 12.1 Å². The summed E-state index contributed by atoms with van der Waals surface area (Å²) in [6.45, 7) is 0.218. The Hall–Kier alpha value is -2.29. The first kappa shape index (κ1) is 24.8. The van der Waals surface area contributed by atoms with Gasteiger partial charge in [0.15, 0.2) is 5.17 Å². The van der Waals surface area contributed by atoms with Crippen LogP contribution in [0.4, 0.5) is 0 Å². The summed E-state index contributed by atoms with van der Waals surface area (Å²) in [5.74, 6) is -0.288. The Labute approximate surface area is 223 Å². The molecule has 1 heterocycles. The number of ether oxygens (including phenoxy) is 1. The highest BCUT2D eigenvalue weighted by molar-refractivity contribution is 9.10. The average Bonchev–Trinajstić information content (AvgIpc) is 3.13. The minimum Gasteiger partial charge on any atom is -0.488 e. The van der Waals surface area contributed by atoms with Crippen LogP contribution >= 0.6 is 62.5 Å². The second kappa shape index (κ2) is 11.0. The molecule has 0 bridgehead atoms. The predicted octanol–water partition coefficient (Wildman–Crippen LogP) is 7.39. The first-order valence-corrected chi connectivity index (χ1v) is 12.5. The summed E-state index contributed by atoms with van der Waals surface area (Å²) in [5.41, 5.74) is 1.81. The van der Waals surface area contributed by atoms with Crippen molar-refractivity contribution in [2.75, 3.05) is 0 Å². The average molecular weight is 597 g/mol. The zero-order valence-electron chi connectivity index (χ0n) is 17.2. The maximum atomic E-state index is 12.5. The number of nitrogens with zero attached hydrogens (tertiary/aromatic N) is 1. The van der Waals surface area contributed by atoms with Gasteiger partial charge in [-0.2, -0.15) is 4.99 Å². The highest BCUT2D eigenvalue weighted by Crippen LogP contribution is 2.32. The number of carbonyl (C=O) groups excluding carboxylic acids is 2. The number of hydrogen-bond donors (Lipinski definition) is 1. The molecule has 1 saturated heterocycles. The SMILES string of the molecule is O=C1NC(=NC(=O)c2ccc(Cl)cc2)S/C1=C\c1cc(Br)ccc1OCc1ccc(Cl)cc1Cl. The standard InChI is InChI=1S/C24H14BrCl3N2O3S/c25-16-4-8-20(33-12-14-3-7-18(27)11-19(14)28)15(9-16)10-21-23(32)30-24(34-21)29-22(31)13-1-5-17(26)6-2-13/h1-11H,12H2,(H,29,30,31,32)/b21-10-. The molecule has 1 aliphatic heterocycles. The van der Waals surface area contributed by atoms with E-state index in [0.29, 0.717) is 36.8 Å². The maximum absolute atomic E-state index is 12.5. The van der Waals surface area contributed by atoms with E-state index in [0.717, 1.165) is 21.8 Å². The van der Waals surface area contributed by atoms with Gasteiger partial charge in [-0.25, -0.2) is 0 Å². The van der Waals surface area contributed by atoms with Crippen LogP contribution in [0.2, 0.25) is 15.1 Å². The molecule has 3 aromatic carbocycles. The molecule has 34 heavy (non-hydrogen) atoms. The van der Waals surface area contributed by atoms with Crippen LogP contribution in [0.5, 0.6) is 5.75 Å². The van der Waals surface area contributed by atoms with E-state index in [9.17, 15) is 9.59 Å². The predicted molar refractivity (Wildman–Crippen MR) is 142 cm³/mol. The summed E-state index contributed by atoms with van der Waals surface area (Å²) < 4.78 is 6.79. The third-order valence-corrected chi connectivity index (χ3v) is 6.84. The number of halogens is 4. The van der Waals surface area contributed by atoms with Crippen LogP contribution in [-0.2, 0) is 11.4 Å². The van der Waals surface area contributed by atoms with Crippen LogP contribution in [-0.4, -0.2) is 17.0 Å². The summed E-state index contributed by atoms with van der Waals surface area (Å²) in [5, 5.41) is 4.37.